The summed E-state index contributed by atoms with van der Waals surface area (Å²) in [6.45, 7) is 4.65. The van der Waals surface area contributed by atoms with Crippen LogP contribution >= 0.6 is 11.3 Å². The van der Waals surface area contributed by atoms with Gasteiger partial charge in [-0.3, -0.25) is 4.90 Å². The average Bonchev–Trinajstić information content (AvgIpc) is 2.89. The van der Waals surface area contributed by atoms with Crippen LogP contribution in [0.5, 0.6) is 0 Å². The minimum absolute atomic E-state index is 0.483. The van der Waals surface area contributed by atoms with Crippen LogP contribution < -0.4 is 5.32 Å². The van der Waals surface area contributed by atoms with Crippen LogP contribution in [0, 0.1) is 0 Å². The first-order chi connectivity index (χ1) is 8.33. The van der Waals surface area contributed by atoms with E-state index < -0.39 is 0 Å². The number of hydrogen-bond donors (Lipinski definition) is 1. The predicted octanol–water partition coefficient (Wildman–Crippen LogP) is 2.67. The summed E-state index contributed by atoms with van der Waals surface area (Å²) >= 11 is 1.78. The van der Waals surface area contributed by atoms with E-state index in [0.717, 1.165) is 12.6 Å². The highest BCUT2D eigenvalue weighted by molar-refractivity contribution is 7.09. The van der Waals surface area contributed by atoms with Gasteiger partial charge in [-0.1, -0.05) is 6.42 Å². The summed E-state index contributed by atoms with van der Waals surface area (Å²) in [5.41, 5.74) is 0. The molecule has 0 radical (unpaired) electrons. The molecule has 1 saturated heterocycles. The highest BCUT2D eigenvalue weighted by Crippen LogP contribution is 2.30. The van der Waals surface area contributed by atoms with Crippen molar-refractivity contribution in [3.63, 3.8) is 0 Å². The van der Waals surface area contributed by atoms with Gasteiger partial charge >= 0.3 is 0 Å². The molecule has 1 aliphatic rings. The van der Waals surface area contributed by atoms with E-state index in [9.17, 15) is 0 Å². The number of nitrogens with zero attached hydrogens (tertiary/aromatic N) is 2. The van der Waals surface area contributed by atoms with Crippen molar-refractivity contribution in [3.05, 3.63) is 16.6 Å². The smallest absolute Gasteiger partial charge is 0.109 e. The Labute approximate surface area is 108 Å². The number of piperidine rings is 1. The van der Waals surface area contributed by atoms with Crippen molar-refractivity contribution < 1.29 is 0 Å². The molecule has 0 spiro atoms. The number of nitrogens with one attached hydrogen (secondary N) is 1. The maximum Gasteiger partial charge on any atom is 0.109 e. The third kappa shape index (κ3) is 3.27. The lowest BCUT2D eigenvalue weighted by molar-refractivity contribution is 0.0970. The van der Waals surface area contributed by atoms with Crippen LogP contribution in [-0.2, 0) is 0 Å². The molecule has 3 nitrogen and oxygen atoms in total. The molecule has 4 heteroatoms. The lowest BCUT2D eigenvalue weighted by Crippen LogP contribution is -2.42. The SMILES string of the molecule is CNCCC1CCCCN1C(C)c1nccs1. The molecule has 0 bridgehead atoms. The van der Waals surface area contributed by atoms with Crippen molar-refractivity contribution in [2.45, 2.75) is 44.7 Å². The number of hydrogen-bond acceptors (Lipinski definition) is 4. The maximum atomic E-state index is 4.47. The summed E-state index contributed by atoms with van der Waals surface area (Å²) in [6, 6.07) is 1.22. The number of rotatable bonds is 5. The van der Waals surface area contributed by atoms with Crippen LogP contribution in [-0.4, -0.2) is 36.1 Å². The van der Waals surface area contributed by atoms with Gasteiger partial charge in [-0.15, -0.1) is 11.3 Å². The van der Waals surface area contributed by atoms with Crippen molar-refractivity contribution >= 4 is 11.3 Å². The first kappa shape index (κ1) is 13.0. The van der Waals surface area contributed by atoms with Gasteiger partial charge in [0.05, 0.1) is 6.04 Å². The molecule has 1 aromatic heterocycles. The standard InChI is InChI=1S/C13H23N3S/c1-11(13-15-8-10-17-13)16-9-4-3-5-12(16)6-7-14-2/h8,10-12,14H,3-7,9H2,1-2H3. The van der Waals surface area contributed by atoms with Crippen molar-refractivity contribution in [2.75, 3.05) is 20.1 Å². The number of likely N-dealkylation sites (tertiary alicyclic amines) is 1. The molecule has 1 aromatic rings. The van der Waals surface area contributed by atoms with E-state index in [4.69, 9.17) is 0 Å². The Balaban J connectivity index is 2.00. The molecule has 0 aliphatic carbocycles. The summed E-state index contributed by atoms with van der Waals surface area (Å²) in [6.07, 6.45) is 7.24. The second kappa shape index (κ2) is 6.47. The summed E-state index contributed by atoms with van der Waals surface area (Å²) in [5.74, 6) is 0. The number of thiazole rings is 1. The van der Waals surface area contributed by atoms with Crippen LogP contribution in [0.3, 0.4) is 0 Å². The normalized spacial score (nSPS) is 23.8. The van der Waals surface area contributed by atoms with Gasteiger partial charge in [-0.25, -0.2) is 4.98 Å². The van der Waals surface area contributed by atoms with Crippen molar-refractivity contribution in [1.29, 1.82) is 0 Å². The van der Waals surface area contributed by atoms with Gasteiger partial charge < -0.3 is 5.32 Å². The molecule has 1 fully saturated rings. The molecular weight excluding hydrogens is 230 g/mol. The van der Waals surface area contributed by atoms with E-state index in [1.54, 1.807) is 11.3 Å². The highest BCUT2D eigenvalue weighted by Gasteiger charge is 2.27. The lowest BCUT2D eigenvalue weighted by Gasteiger charge is -2.39. The van der Waals surface area contributed by atoms with Crippen molar-refractivity contribution in [1.82, 2.24) is 15.2 Å². The molecule has 1 N–H and O–H groups in total. The Morgan fingerprint density at radius 3 is 3.18 bits per heavy atom. The molecule has 2 unspecified atom stereocenters. The first-order valence-corrected chi connectivity index (χ1v) is 7.50. The maximum absolute atomic E-state index is 4.47. The molecule has 0 amide bonds. The van der Waals surface area contributed by atoms with Gasteiger partial charge in [0, 0.05) is 17.6 Å². The third-order valence-corrected chi connectivity index (χ3v) is 4.65. The van der Waals surface area contributed by atoms with Crippen LogP contribution in [0.1, 0.15) is 43.7 Å². The Kier molecular flexibility index (Phi) is 4.95. The Bertz CT molecular complexity index is 312. The van der Waals surface area contributed by atoms with Crippen LogP contribution in [0.2, 0.25) is 0 Å². The fraction of sp³-hybridized carbons (Fsp3) is 0.769. The second-order valence-corrected chi connectivity index (χ2v) is 5.75. The summed E-state index contributed by atoms with van der Waals surface area (Å²) in [7, 11) is 2.04. The average molecular weight is 253 g/mol. The van der Waals surface area contributed by atoms with E-state index in [2.05, 4.69) is 27.5 Å². The molecule has 0 saturated carbocycles. The fourth-order valence-electron chi connectivity index (χ4n) is 2.74. The van der Waals surface area contributed by atoms with Crippen molar-refractivity contribution in [3.8, 4) is 0 Å². The quantitative estimate of drug-likeness (QED) is 0.874. The zero-order valence-corrected chi connectivity index (χ0v) is 11.7. The Morgan fingerprint density at radius 2 is 2.47 bits per heavy atom. The van der Waals surface area contributed by atoms with Crippen LogP contribution in [0.4, 0.5) is 0 Å². The van der Waals surface area contributed by atoms with Gasteiger partial charge in [0.25, 0.3) is 0 Å². The van der Waals surface area contributed by atoms with E-state index >= 15 is 0 Å². The van der Waals surface area contributed by atoms with E-state index in [1.807, 2.05) is 13.2 Å². The highest BCUT2D eigenvalue weighted by atomic mass is 32.1. The predicted molar refractivity (Wildman–Crippen MR) is 73.4 cm³/mol. The van der Waals surface area contributed by atoms with Gasteiger partial charge in [-0.2, -0.15) is 0 Å². The largest absolute Gasteiger partial charge is 0.320 e. The molecule has 17 heavy (non-hydrogen) atoms. The zero-order valence-electron chi connectivity index (χ0n) is 10.9. The zero-order chi connectivity index (χ0) is 12.1. The summed E-state index contributed by atoms with van der Waals surface area (Å²) < 4.78 is 0. The molecule has 0 aromatic carbocycles. The lowest BCUT2D eigenvalue weighted by atomic mass is 9.97. The topological polar surface area (TPSA) is 28.2 Å². The molecule has 2 rings (SSSR count). The van der Waals surface area contributed by atoms with E-state index in [-0.39, 0.29) is 0 Å². The minimum Gasteiger partial charge on any atom is -0.320 e. The monoisotopic (exact) mass is 253 g/mol. The Morgan fingerprint density at radius 1 is 1.59 bits per heavy atom. The fourth-order valence-corrected chi connectivity index (χ4v) is 3.45. The van der Waals surface area contributed by atoms with Gasteiger partial charge in [-0.05, 0) is 46.3 Å². The van der Waals surface area contributed by atoms with Crippen LogP contribution in [0.15, 0.2) is 11.6 Å². The third-order valence-electron chi connectivity index (χ3n) is 3.71. The van der Waals surface area contributed by atoms with Gasteiger partial charge in [0.2, 0.25) is 0 Å². The van der Waals surface area contributed by atoms with Gasteiger partial charge in [0.15, 0.2) is 0 Å². The summed E-state index contributed by atoms with van der Waals surface area (Å²) in [5, 5.41) is 6.62. The van der Waals surface area contributed by atoms with Gasteiger partial charge in [0.1, 0.15) is 5.01 Å². The first-order valence-electron chi connectivity index (χ1n) is 6.62. The molecule has 1 aliphatic heterocycles. The van der Waals surface area contributed by atoms with E-state index in [1.165, 1.54) is 37.2 Å². The summed E-state index contributed by atoms with van der Waals surface area (Å²) in [4.78, 5) is 7.12. The molecule has 2 heterocycles. The minimum atomic E-state index is 0.483. The molecule has 2 atom stereocenters. The second-order valence-electron chi connectivity index (χ2n) is 4.83. The molecule has 96 valence electrons. The van der Waals surface area contributed by atoms with E-state index in [0.29, 0.717) is 6.04 Å². The number of aromatic nitrogens is 1. The Hall–Kier alpha value is -0.450. The van der Waals surface area contributed by atoms with Crippen LogP contribution in [0.25, 0.3) is 0 Å². The van der Waals surface area contributed by atoms with Crippen molar-refractivity contribution in [2.24, 2.45) is 0 Å². The molecular formula is C13H23N3S.